The first-order valence-electron chi connectivity index (χ1n) is 6.76. The Morgan fingerprint density at radius 2 is 1.61 bits per heavy atom. The molecule has 0 aliphatic rings. The van der Waals surface area contributed by atoms with Gasteiger partial charge in [0.05, 0.1) is 12.1 Å². The summed E-state index contributed by atoms with van der Waals surface area (Å²) in [6.07, 6.45) is 0.271. The molecule has 0 saturated carbocycles. The van der Waals surface area contributed by atoms with Crippen molar-refractivity contribution in [3.63, 3.8) is 0 Å². The van der Waals surface area contributed by atoms with Crippen molar-refractivity contribution in [2.45, 2.75) is 58.6 Å². The Bertz CT molecular complexity index is 362. The zero-order valence-corrected chi connectivity index (χ0v) is 12.3. The van der Waals surface area contributed by atoms with Crippen LogP contribution in [0.5, 0.6) is 0 Å². The molecule has 1 aromatic carbocycles. The van der Waals surface area contributed by atoms with Crippen molar-refractivity contribution in [1.29, 1.82) is 0 Å². The van der Waals surface area contributed by atoms with Gasteiger partial charge in [-0.2, -0.15) is 0 Å². The number of rotatable bonds is 4. The Labute approximate surface area is 111 Å². The van der Waals surface area contributed by atoms with E-state index in [1.807, 2.05) is 12.1 Å². The summed E-state index contributed by atoms with van der Waals surface area (Å²) in [6.45, 7) is 10.8. The third-order valence-corrected chi connectivity index (χ3v) is 3.29. The van der Waals surface area contributed by atoms with Gasteiger partial charge in [0.15, 0.2) is 0 Å². The minimum absolute atomic E-state index is 0.152. The van der Waals surface area contributed by atoms with Crippen molar-refractivity contribution < 1.29 is 5.11 Å². The summed E-state index contributed by atoms with van der Waals surface area (Å²) in [5, 5.41) is 10.0. The van der Waals surface area contributed by atoms with Crippen LogP contribution in [0.1, 0.15) is 58.2 Å². The quantitative estimate of drug-likeness (QED) is 0.859. The number of hydrogen-bond donors (Lipinski definition) is 2. The SMILES string of the molecule is CC(C)C[C@@H](O)[C@@H](N)c1ccc(C(C)(C)C)cc1. The topological polar surface area (TPSA) is 46.2 Å². The van der Waals surface area contributed by atoms with E-state index in [0.29, 0.717) is 5.92 Å². The van der Waals surface area contributed by atoms with Crippen molar-refractivity contribution in [1.82, 2.24) is 0 Å². The zero-order chi connectivity index (χ0) is 13.9. The average Bonchev–Trinajstić information content (AvgIpc) is 2.26. The minimum atomic E-state index is -0.467. The highest BCUT2D eigenvalue weighted by atomic mass is 16.3. The van der Waals surface area contributed by atoms with Crippen LogP contribution in [0.25, 0.3) is 0 Å². The highest BCUT2D eigenvalue weighted by molar-refractivity contribution is 5.29. The molecule has 2 atom stereocenters. The second-order valence-electron chi connectivity index (χ2n) is 6.59. The smallest absolute Gasteiger partial charge is 0.0735 e. The molecule has 2 nitrogen and oxygen atoms in total. The Morgan fingerprint density at radius 3 is 2.00 bits per heavy atom. The predicted molar refractivity (Wildman–Crippen MR) is 77.5 cm³/mol. The lowest BCUT2D eigenvalue weighted by Crippen LogP contribution is -2.27. The van der Waals surface area contributed by atoms with Crippen LogP contribution in [-0.2, 0) is 5.41 Å². The van der Waals surface area contributed by atoms with Gasteiger partial charge in [0.25, 0.3) is 0 Å². The molecule has 1 aromatic rings. The Kier molecular flexibility index (Phi) is 4.94. The first-order valence-corrected chi connectivity index (χ1v) is 6.76. The minimum Gasteiger partial charge on any atom is -0.391 e. The maximum atomic E-state index is 10.0. The molecule has 18 heavy (non-hydrogen) atoms. The molecule has 0 spiro atoms. The van der Waals surface area contributed by atoms with Crippen LogP contribution in [0.4, 0.5) is 0 Å². The largest absolute Gasteiger partial charge is 0.391 e. The lowest BCUT2D eigenvalue weighted by Gasteiger charge is -2.23. The van der Waals surface area contributed by atoms with E-state index in [1.165, 1.54) is 5.56 Å². The first kappa shape index (κ1) is 15.2. The highest BCUT2D eigenvalue weighted by Gasteiger charge is 2.19. The molecule has 1 rings (SSSR count). The van der Waals surface area contributed by atoms with Gasteiger partial charge in [0.1, 0.15) is 0 Å². The first-order chi connectivity index (χ1) is 8.21. The lowest BCUT2D eigenvalue weighted by molar-refractivity contribution is 0.121. The van der Waals surface area contributed by atoms with Crippen LogP contribution in [0.2, 0.25) is 0 Å². The second kappa shape index (κ2) is 5.85. The molecule has 0 saturated heterocycles. The third-order valence-electron chi connectivity index (χ3n) is 3.29. The number of benzene rings is 1. The van der Waals surface area contributed by atoms with Gasteiger partial charge in [0.2, 0.25) is 0 Å². The molecule has 2 heteroatoms. The van der Waals surface area contributed by atoms with Gasteiger partial charge in [-0.25, -0.2) is 0 Å². The van der Waals surface area contributed by atoms with Gasteiger partial charge < -0.3 is 10.8 Å². The number of hydrogen-bond acceptors (Lipinski definition) is 2. The Hall–Kier alpha value is -0.860. The van der Waals surface area contributed by atoms with E-state index >= 15 is 0 Å². The molecule has 0 bridgehead atoms. The van der Waals surface area contributed by atoms with E-state index in [0.717, 1.165) is 12.0 Å². The van der Waals surface area contributed by atoms with Crippen molar-refractivity contribution in [2.75, 3.05) is 0 Å². The monoisotopic (exact) mass is 249 g/mol. The van der Waals surface area contributed by atoms with Crippen molar-refractivity contribution in [3.8, 4) is 0 Å². The van der Waals surface area contributed by atoms with Crippen LogP contribution in [0, 0.1) is 5.92 Å². The van der Waals surface area contributed by atoms with Crippen LogP contribution in [-0.4, -0.2) is 11.2 Å². The fourth-order valence-electron chi connectivity index (χ4n) is 2.06. The zero-order valence-electron chi connectivity index (χ0n) is 12.3. The molecule has 102 valence electrons. The molecular formula is C16H27NO. The normalized spacial score (nSPS) is 15.8. The fourth-order valence-corrected chi connectivity index (χ4v) is 2.06. The summed E-state index contributed by atoms with van der Waals surface area (Å²) in [6, 6.07) is 8.00. The second-order valence-corrected chi connectivity index (χ2v) is 6.59. The van der Waals surface area contributed by atoms with Crippen LogP contribution in [0.15, 0.2) is 24.3 Å². The number of aliphatic hydroxyl groups excluding tert-OH is 1. The molecule has 0 fully saturated rings. The number of aliphatic hydroxyl groups is 1. The van der Waals surface area contributed by atoms with Crippen molar-refractivity contribution in [2.24, 2.45) is 11.7 Å². The number of nitrogens with two attached hydrogens (primary N) is 1. The van der Waals surface area contributed by atoms with Gasteiger partial charge in [-0.05, 0) is 28.9 Å². The summed E-state index contributed by atoms with van der Waals surface area (Å²) in [7, 11) is 0. The van der Waals surface area contributed by atoms with Gasteiger partial charge in [-0.1, -0.05) is 58.9 Å². The fraction of sp³-hybridized carbons (Fsp3) is 0.625. The standard InChI is InChI=1S/C16H27NO/c1-11(2)10-14(18)15(17)12-6-8-13(9-7-12)16(3,4)5/h6-9,11,14-15,18H,10,17H2,1-5H3/t14-,15+/m1/s1. The molecule has 3 N–H and O–H groups in total. The lowest BCUT2D eigenvalue weighted by atomic mass is 9.85. The van der Waals surface area contributed by atoms with Crippen LogP contribution < -0.4 is 5.73 Å². The van der Waals surface area contributed by atoms with E-state index in [2.05, 4.69) is 46.8 Å². The molecular weight excluding hydrogens is 222 g/mol. The summed E-state index contributed by atoms with van der Waals surface area (Å²) in [4.78, 5) is 0. The molecule has 0 aliphatic heterocycles. The summed E-state index contributed by atoms with van der Waals surface area (Å²) in [5.41, 5.74) is 8.55. The van der Waals surface area contributed by atoms with Crippen LogP contribution >= 0.6 is 0 Å². The van der Waals surface area contributed by atoms with E-state index in [1.54, 1.807) is 0 Å². The van der Waals surface area contributed by atoms with Gasteiger partial charge in [-0.15, -0.1) is 0 Å². The highest BCUT2D eigenvalue weighted by Crippen LogP contribution is 2.25. The predicted octanol–water partition coefficient (Wildman–Crippen LogP) is 3.39. The summed E-state index contributed by atoms with van der Waals surface area (Å²) < 4.78 is 0. The van der Waals surface area contributed by atoms with E-state index in [-0.39, 0.29) is 11.5 Å². The van der Waals surface area contributed by atoms with Crippen molar-refractivity contribution in [3.05, 3.63) is 35.4 Å². The molecule has 0 radical (unpaired) electrons. The van der Waals surface area contributed by atoms with E-state index < -0.39 is 6.10 Å². The maximum Gasteiger partial charge on any atom is 0.0735 e. The molecule has 0 amide bonds. The molecule has 0 heterocycles. The van der Waals surface area contributed by atoms with Crippen molar-refractivity contribution >= 4 is 0 Å². The van der Waals surface area contributed by atoms with Gasteiger partial charge >= 0.3 is 0 Å². The average molecular weight is 249 g/mol. The van der Waals surface area contributed by atoms with Crippen LogP contribution in [0.3, 0.4) is 0 Å². The van der Waals surface area contributed by atoms with E-state index in [4.69, 9.17) is 5.73 Å². The maximum absolute atomic E-state index is 10.0. The summed E-state index contributed by atoms with van der Waals surface area (Å²) >= 11 is 0. The Balaban J connectivity index is 2.79. The van der Waals surface area contributed by atoms with E-state index in [9.17, 15) is 5.11 Å². The summed E-state index contributed by atoms with van der Waals surface area (Å²) in [5.74, 6) is 0.458. The molecule has 0 aliphatic carbocycles. The Morgan fingerprint density at radius 1 is 1.11 bits per heavy atom. The third kappa shape index (κ3) is 4.11. The molecule has 0 aromatic heterocycles. The van der Waals surface area contributed by atoms with Gasteiger partial charge in [0, 0.05) is 0 Å². The molecule has 0 unspecified atom stereocenters. The van der Waals surface area contributed by atoms with Gasteiger partial charge in [-0.3, -0.25) is 0 Å².